The van der Waals surface area contributed by atoms with E-state index in [-0.39, 0.29) is 16.1 Å². The van der Waals surface area contributed by atoms with Gasteiger partial charge in [0.2, 0.25) is 0 Å². The van der Waals surface area contributed by atoms with Gasteiger partial charge in [0, 0.05) is 10.0 Å². The molecule has 0 radical (unpaired) electrons. The van der Waals surface area contributed by atoms with E-state index in [1.54, 1.807) is 0 Å². The Morgan fingerprint density at radius 3 is 2.09 bits per heavy atom. The van der Waals surface area contributed by atoms with Crippen molar-refractivity contribution >= 4 is 44.9 Å². The number of rotatable bonds is 4. The molecule has 0 spiro atoms. The minimum Gasteiger partial charge on any atom is -0.465 e. The largest absolute Gasteiger partial charge is 0.465 e. The summed E-state index contributed by atoms with van der Waals surface area (Å²) in [7, 11) is -2.57. The van der Waals surface area contributed by atoms with E-state index in [4.69, 9.17) is 23.2 Å². The maximum atomic E-state index is 12.3. The molecule has 0 fully saturated rings. The Kier molecular flexibility index (Phi) is 4.95. The predicted molar refractivity (Wildman–Crippen MR) is 85.1 cm³/mol. The van der Waals surface area contributed by atoms with E-state index in [0.29, 0.717) is 10.0 Å². The Balaban J connectivity index is 2.28. The van der Waals surface area contributed by atoms with Crippen molar-refractivity contribution in [2.24, 2.45) is 0 Å². The van der Waals surface area contributed by atoms with Gasteiger partial charge in [0.25, 0.3) is 10.0 Å². The van der Waals surface area contributed by atoms with E-state index in [1.165, 1.54) is 49.6 Å². The zero-order valence-corrected chi connectivity index (χ0v) is 13.7. The molecule has 0 heterocycles. The number of halogens is 2. The van der Waals surface area contributed by atoms with Gasteiger partial charge in [-0.15, -0.1) is 0 Å². The van der Waals surface area contributed by atoms with E-state index in [2.05, 4.69) is 9.46 Å². The van der Waals surface area contributed by atoms with Crippen LogP contribution in [0.3, 0.4) is 0 Å². The van der Waals surface area contributed by atoms with E-state index >= 15 is 0 Å². The molecule has 0 bridgehead atoms. The summed E-state index contributed by atoms with van der Waals surface area (Å²) in [4.78, 5) is 11.3. The van der Waals surface area contributed by atoms with Gasteiger partial charge in [0.1, 0.15) is 0 Å². The molecule has 0 atom stereocenters. The van der Waals surface area contributed by atoms with Gasteiger partial charge >= 0.3 is 5.97 Å². The van der Waals surface area contributed by atoms with E-state index in [0.717, 1.165) is 0 Å². The molecule has 8 heteroatoms. The number of esters is 1. The lowest BCUT2D eigenvalue weighted by molar-refractivity contribution is 0.0600. The number of anilines is 1. The second kappa shape index (κ2) is 6.56. The third-order valence-electron chi connectivity index (χ3n) is 2.70. The number of carbonyl (C=O) groups excluding carboxylic acids is 1. The lowest BCUT2D eigenvalue weighted by Crippen LogP contribution is -2.13. The van der Waals surface area contributed by atoms with Crippen LogP contribution in [0.15, 0.2) is 47.4 Å². The summed E-state index contributed by atoms with van der Waals surface area (Å²) >= 11 is 11.7. The summed E-state index contributed by atoms with van der Waals surface area (Å²) < 4.78 is 31.4. The maximum absolute atomic E-state index is 12.3. The van der Waals surface area contributed by atoms with Crippen LogP contribution in [0.1, 0.15) is 10.4 Å². The summed E-state index contributed by atoms with van der Waals surface area (Å²) in [6.45, 7) is 0. The molecule has 1 N–H and O–H groups in total. The highest BCUT2D eigenvalue weighted by atomic mass is 35.5. The van der Waals surface area contributed by atoms with Crippen LogP contribution in [0.2, 0.25) is 10.0 Å². The minimum atomic E-state index is -3.82. The standard InChI is InChI=1S/C14H11Cl2NO4S/c1-21-14(18)9-2-4-13(5-3-9)22(19,20)17-12-7-10(15)6-11(16)8-12/h2-8,17H,1H3. The molecule has 2 aromatic carbocycles. The Bertz CT molecular complexity index is 784. The molecular weight excluding hydrogens is 349 g/mol. The first-order valence-electron chi connectivity index (χ1n) is 5.99. The first kappa shape index (κ1) is 16.6. The van der Waals surface area contributed by atoms with Gasteiger partial charge in [-0.2, -0.15) is 0 Å². The molecule has 0 aliphatic heterocycles. The Morgan fingerprint density at radius 2 is 1.59 bits per heavy atom. The van der Waals surface area contributed by atoms with E-state index < -0.39 is 16.0 Å². The molecule has 0 aliphatic rings. The summed E-state index contributed by atoms with van der Waals surface area (Å²) in [5.74, 6) is -0.543. The third-order valence-corrected chi connectivity index (χ3v) is 4.53. The number of sulfonamides is 1. The molecule has 5 nitrogen and oxygen atoms in total. The van der Waals surface area contributed by atoms with Crippen LogP contribution >= 0.6 is 23.2 Å². The number of benzene rings is 2. The van der Waals surface area contributed by atoms with Crippen LogP contribution in [0, 0.1) is 0 Å². The number of hydrogen-bond donors (Lipinski definition) is 1. The van der Waals surface area contributed by atoms with Crippen molar-refractivity contribution < 1.29 is 17.9 Å². The fourth-order valence-corrected chi connectivity index (χ4v) is 3.28. The molecular formula is C14H11Cl2NO4S. The summed E-state index contributed by atoms with van der Waals surface area (Å²) in [6.07, 6.45) is 0. The van der Waals surface area contributed by atoms with E-state index in [1.807, 2.05) is 0 Å². The Hall–Kier alpha value is -1.76. The number of ether oxygens (including phenoxy) is 1. The second-order valence-corrected chi connectivity index (χ2v) is 6.83. The van der Waals surface area contributed by atoms with Gasteiger partial charge in [0.15, 0.2) is 0 Å². The van der Waals surface area contributed by atoms with Crippen molar-refractivity contribution in [2.75, 3.05) is 11.8 Å². The zero-order valence-electron chi connectivity index (χ0n) is 11.3. The summed E-state index contributed by atoms with van der Waals surface area (Å²) in [5.41, 5.74) is 0.502. The van der Waals surface area contributed by atoms with Crippen LogP contribution in [0.5, 0.6) is 0 Å². The molecule has 0 aromatic heterocycles. The van der Waals surface area contributed by atoms with Crippen LogP contribution in [-0.2, 0) is 14.8 Å². The van der Waals surface area contributed by atoms with Crippen LogP contribution in [-0.4, -0.2) is 21.5 Å². The van der Waals surface area contributed by atoms with Gasteiger partial charge in [-0.1, -0.05) is 23.2 Å². The molecule has 0 amide bonds. The van der Waals surface area contributed by atoms with Gasteiger partial charge < -0.3 is 4.74 Å². The molecule has 0 saturated carbocycles. The highest BCUT2D eigenvalue weighted by Crippen LogP contribution is 2.24. The Labute approximate surface area is 137 Å². The summed E-state index contributed by atoms with van der Waals surface area (Å²) in [5, 5.41) is 0.623. The number of hydrogen-bond acceptors (Lipinski definition) is 4. The number of carbonyl (C=O) groups is 1. The molecule has 116 valence electrons. The number of nitrogens with one attached hydrogen (secondary N) is 1. The average Bonchev–Trinajstić information content (AvgIpc) is 2.45. The number of methoxy groups -OCH3 is 1. The second-order valence-electron chi connectivity index (χ2n) is 4.28. The monoisotopic (exact) mass is 359 g/mol. The third kappa shape index (κ3) is 3.91. The van der Waals surface area contributed by atoms with Crippen molar-refractivity contribution in [3.8, 4) is 0 Å². The van der Waals surface area contributed by atoms with Crippen molar-refractivity contribution in [3.05, 3.63) is 58.1 Å². The van der Waals surface area contributed by atoms with Crippen molar-refractivity contribution in [1.82, 2.24) is 0 Å². The first-order valence-corrected chi connectivity index (χ1v) is 8.23. The molecule has 0 saturated heterocycles. The van der Waals surface area contributed by atoms with Gasteiger partial charge in [0.05, 0.1) is 23.3 Å². The van der Waals surface area contributed by atoms with Crippen molar-refractivity contribution in [1.29, 1.82) is 0 Å². The van der Waals surface area contributed by atoms with Crippen LogP contribution < -0.4 is 4.72 Å². The van der Waals surface area contributed by atoms with Gasteiger partial charge in [-0.05, 0) is 42.5 Å². The smallest absolute Gasteiger partial charge is 0.337 e. The molecule has 0 unspecified atom stereocenters. The lowest BCUT2D eigenvalue weighted by atomic mass is 10.2. The van der Waals surface area contributed by atoms with Crippen molar-refractivity contribution in [2.45, 2.75) is 4.90 Å². The molecule has 22 heavy (non-hydrogen) atoms. The van der Waals surface area contributed by atoms with Crippen LogP contribution in [0.4, 0.5) is 5.69 Å². The van der Waals surface area contributed by atoms with Crippen LogP contribution in [0.25, 0.3) is 0 Å². The fraction of sp³-hybridized carbons (Fsp3) is 0.0714. The van der Waals surface area contributed by atoms with Gasteiger partial charge in [-0.25, -0.2) is 13.2 Å². The van der Waals surface area contributed by atoms with Gasteiger partial charge in [-0.3, -0.25) is 4.72 Å². The van der Waals surface area contributed by atoms with E-state index in [9.17, 15) is 13.2 Å². The first-order chi connectivity index (χ1) is 10.3. The minimum absolute atomic E-state index is 0.00347. The topological polar surface area (TPSA) is 72.5 Å². The predicted octanol–water partition coefficient (Wildman–Crippen LogP) is 3.58. The molecule has 2 aromatic rings. The molecule has 0 aliphatic carbocycles. The fourth-order valence-electron chi connectivity index (χ4n) is 1.71. The average molecular weight is 360 g/mol. The highest BCUT2D eigenvalue weighted by Gasteiger charge is 2.16. The quantitative estimate of drug-likeness (QED) is 0.846. The normalized spacial score (nSPS) is 11.0. The Morgan fingerprint density at radius 1 is 1.05 bits per heavy atom. The highest BCUT2D eigenvalue weighted by molar-refractivity contribution is 7.92. The van der Waals surface area contributed by atoms with Crippen molar-refractivity contribution in [3.63, 3.8) is 0 Å². The lowest BCUT2D eigenvalue weighted by Gasteiger charge is -2.09. The maximum Gasteiger partial charge on any atom is 0.337 e. The zero-order chi connectivity index (χ0) is 16.3. The summed E-state index contributed by atoms with van der Waals surface area (Å²) in [6, 6.07) is 9.71. The molecule has 2 rings (SSSR count). The SMILES string of the molecule is COC(=O)c1ccc(S(=O)(=O)Nc2cc(Cl)cc(Cl)c2)cc1.